The van der Waals surface area contributed by atoms with Crippen LogP contribution >= 0.6 is 0 Å². The van der Waals surface area contributed by atoms with Gasteiger partial charge in [0.05, 0.1) is 32.5 Å². The molecule has 1 aromatic heterocycles. The first-order valence-corrected chi connectivity index (χ1v) is 9.51. The lowest BCUT2D eigenvalue weighted by Gasteiger charge is -2.33. The van der Waals surface area contributed by atoms with E-state index in [1.165, 1.54) is 12.1 Å². The van der Waals surface area contributed by atoms with Gasteiger partial charge in [0.25, 0.3) is 0 Å². The molecule has 0 fully saturated rings. The summed E-state index contributed by atoms with van der Waals surface area (Å²) in [5, 5.41) is 3.83. The molecule has 0 aliphatic carbocycles. The number of halogens is 1. The molecule has 0 spiro atoms. The maximum Gasteiger partial charge on any atom is 0.170 e. The van der Waals surface area contributed by atoms with Gasteiger partial charge in [-0.15, -0.1) is 0 Å². The monoisotopic (exact) mass is 380 g/mol. The number of aryl methyl sites for hydroxylation is 2. The molecule has 0 saturated carbocycles. The summed E-state index contributed by atoms with van der Waals surface area (Å²) in [5.74, 6) is -0.0949. The van der Waals surface area contributed by atoms with Crippen LogP contribution in [0.1, 0.15) is 61.5 Å². The number of hydrogen-bond donors (Lipinski definition) is 1. The normalized spacial score (nSPS) is 15.5. The van der Waals surface area contributed by atoms with E-state index in [4.69, 9.17) is 4.52 Å². The van der Waals surface area contributed by atoms with E-state index in [2.05, 4.69) is 9.88 Å². The molecule has 2 aromatic rings. The third-order valence-electron chi connectivity index (χ3n) is 4.18. The zero-order chi connectivity index (χ0) is 19.7. The number of aromatic nitrogens is 1. The quantitative estimate of drug-likeness (QED) is 0.770. The number of benzene rings is 1. The van der Waals surface area contributed by atoms with Gasteiger partial charge in [-0.05, 0) is 59.2 Å². The average Bonchev–Trinajstić information content (AvgIpc) is 2.85. The van der Waals surface area contributed by atoms with E-state index in [1.807, 2.05) is 20.8 Å². The highest BCUT2D eigenvalue weighted by Gasteiger charge is 2.36. The van der Waals surface area contributed by atoms with Gasteiger partial charge in [-0.2, -0.15) is 0 Å². The largest absolute Gasteiger partial charge is 0.361 e. The van der Waals surface area contributed by atoms with E-state index >= 15 is 0 Å². The lowest BCUT2D eigenvalue weighted by atomic mass is 9.86. The molecule has 0 radical (unpaired) electrons. The SMILES string of the molecule is Cc1noc(C)c1C(=O)C[C@](C)(NS(=O)C(C)(C)C)c1ccc(F)cc1. The van der Waals surface area contributed by atoms with Gasteiger partial charge in [-0.1, -0.05) is 17.3 Å². The molecule has 1 N–H and O–H groups in total. The second-order valence-electron chi connectivity index (χ2n) is 7.62. The lowest BCUT2D eigenvalue weighted by molar-refractivity contribution is 0.0948. The predicted octanol–water partition coefficient (Wildman–Crippen LogP) is 3.97. The first kappa shape index (κ1) is 20.5. The van der Waals surface area contributed by atoms with Gasteiger partial charge >= 0.3 is 0 Å². The number of nitrogens with one attached hydrogen (secondary N) is 1. The minimum Gasteiger partial charge on any atom is -0.361 e. The Morgan fingerprint density at radius 3 is 2.23 bits per heavy atom. The van der Waals surface area contributed by atoms with Crippen molar-refractivity contribution in [1.82, 2.24) is 9.88 Å². The molecule has 0 saturated heterocycles. The summed E-state index contributed by atoms with van der Waals surface area (Å²) < 4.78 is 33.7. The minimum atomic E-state index is -1.42. The van der Waals surface area contributed by atoms with E-state index in [0.717, 1.165) is 0 Å². The van der Waals surface area contributed by atoms with Crippen LogP contribution in [0.2, 0.25) is 0 Å². The van der Waals surface area contributed by atoms with Crippen LogP contribution in [0.5, 0.6) is 0 Å². The Bertz CT molecular complexity index is 805. The number of nitrogens with zero attached hydrogens (tertiary/aromatic N) is 1. The number of carbonyl (C=O) groups is 1. The van der Waals surface area contributed by atoms with Crippen molar-refractivity contribution < 1.29 is 17.9 Å². The molecule has 0 bridgehead atoms. The molecule has 1 aromatic carbocycles. The van der Waals surface area contributed by atoms with Crippen LogP contribution in [0.15, 0.2) is 28.8 Å². The van der Waals surface area contributed by atoms with Crippen molar-refractivity contribution in [2.75, 3.05) is 0 Å². The maximum atomic E-state index is 13.4. The van der Waals surface area contributed by atoms with Crippen LogP contribution in [-0.2, 0) is 16.5 Å². The third kappa shape index (κ3) is 4.45. The van der Waals surface area contributed by atoms with Crippen molar-refractivity contribution in [1.29, 1.82) is 0 Å². The van der Waals surface area contributed by atoms with Gasteiger partial charge in [0, 0.05) is 6.42 Å². The summed E-state index contributed by atoms with van der Waals surface area (Å²) in [6.45, 7) is 10.7. The first-order valence-electron chi connectivity index (χ1n) is 8.36. The van der Waals surface area contributed by atoms with Crippen molar-refractivity contribution >= 4 is 16.8 Å². The lowest BCUT2D eigenvalue weighted by Crippen LogP contribution is -2.47. The zero-order valence-electron chi connectivity index (χ0n) is 16.0. The molecule has 7 heteroatoms. The molecule has 2 rings (SSSR count). The molecule has 26 heavy (non-hydrogen) atoms. The molecule has 2 atom stereocenters. The Kier molecular flexibility index (Phi) is 5.82. The molecular weight excluding hydrogens is 355 g/mol. The van der Waals surface area contributed by atoms with Gasteiger partial charge in [-0.25, -0.2) is 13.3 Å². The summed E-state index contributed by atoms with van der Waals surface area (Å²) in [4.78, 5) is 12.9. The topological polar surface area (TPSA) is 72.2 Å². The van der Waals surface area contributed by atoms with E-state index < -0.39 is 21.3 Å². The Morgan fingerprint density at radius 1 is 1.19 bits per heavy atom. The summed E-state index contributed by atoms with van der Waals surface area (Å²) in [6, 6.07) is 5.86. The van der Waals surface area contributed by atoms with Crippen LogP contribution in [-0.4, -0.2) is 19.9 Å². The fourth-order valence-electron chi connectivity index (χ4n) is 2.66. The third-order valence-corrected chi connectivity index (χ3v) is 5.93. The Hall–Kier alpha value is -1.86. The Morgan fingerprint density at radius 2 is 1.77 bits per heavy atom. The highest BCUT2D eigenvalue weighted by molar-refractivity contribution is 7.84. The zero-order valence-corrected chi connectivity index (χ0v) is 16.8. The van der Waals surface area contributed by atoms with Crippen LogP contribution < -0.4 is 4.72 Å². The predicted molar refractivity (Wildman–Crippen MR) is 99.7 cm³/mol. The van der Waals surface area contributed by atoms with E-state index in [9.17, 15) is 13.4 Å². The van der Waals surface area contributed by atoms with Crippen LogP contribution in [0.4, 0.5) is 4.39 Å². The highest BCUT2D eigenvalue weighted by Crippen LogP contribution is 2.30. The molecular formula is C19H25FN2O3S. The first-order chi connectivity index (χ1) is 11.9. The van der Waals surface area contributed by atoms with Crippen LogP contribution in [0.25, 0.3) is 0 Å². The van der Waals surface area contributed by atoms with E-state index in [-0.39, 0.29) is 18.0 Å². The Balaban J connectivity index is 2.41. The van der Waals surface area contributed by atoms with Gasteiger partial charge < -0.3 is 4.52 Å². The average molecular weight is 380 g/mol. The molecule has 142 valence electrons. The van der Waals surface area contributed by atoms with Crippen molar-refractivity contribution in [3.63, 3.8) is 0 Å². The number of rotatable bonds is 6. The van der Waals surface area contributed by atoms with Crippen molar-refractivity contribution in [3.8, 4) is 0 Å². The highest BCUT2D eigenvalue weighted by atomic mass is 32.2. The van der Waals surface area contributed by atoms with Crippen LogP contribution in [0.3, 0.4) is 0 Å². The minimum absolute atomic E-state index is 0.0311. The molecule has 1 heterocycles. The second-order valence-corrected chi connectivity index (χ2v) is 9.59. The van der Waals surface area contributed by atoms with Gasteiger partial charge in [0.1, 0.15) is 11.6 Å². The Labute approximate surface area is 155 Å². The van der Waals surface area contributed by atoms with Crippen LogP contribution in [0, 0.1) is 19.7 Å². The van der Waals surface area contributed by atoms with Gasteiger partial charge in [0.2, 0.25) is 0 Å². The van der Waals surface area contributed by atoms with Crippen molar-refractivity contribution in [2.24, 2.45) is 0 Å². The maximum absolute atomic E-state index is 13.4. The van der Waals surface area contributed by atoms with Gasteiger partial charge in [-0.3, -0.25) is 4.79 Å². The number of hydrogen-bond acceptors (Lipinski definition) is 4. The van der Waals surface area contributed by atoms with E-state index in [1.54, 1.807) is 32.9 Å². The molecule has 1 unspecified atom stereocenters. The summed E-state index contributed by atoms with van der Waals surface area (Å²) >= 11 is 0. The second kappa shape index (κ2) is 7.40. The number of Topliss-reactive ketones (excluding diaryl/α,β-unsaturated/α-hetero) is 1. The fourth-order valence-corrected chi connectivity index (χ4v) is 3.57. The summed E-state index contributed by atoms with van der Waals surface area (Å²) in [7, 11) is -1.42. The molecule has 0 aliphatic rings. The number of ketones is 1. The van der Waals surface area contributed by atoms with Crippen molar-refractivity contribution in [2.45, 2.75) is 58.2 Å². The van der Waals surface area contributed by atoms with Crippen molar-refractivity contribution in [3.05, 3.63) is 52.7 Å². The molecule has 0 amide bonds. The fraction of sp³-hybridized carbons (Fsp3) is 0.474. The molecule has 5 nitrogen and oxygen atoms in total. The van der Waals surface area contributed by atoms with Gasteiger partial charge in [0.15, 0.2) is 5.78 Å². The smallest absolute Gasteiger partial charge is 0.170 e. The van der Waals surface area contributed by atoms with E-state index in [0.29, 0.717) is 22.6 Å². The number of carbonyl (C=O) groups excluding carboxylic acids is 1. The summed E-state index contributed by atoms with van der Waals surface area (Å²) in [6.07, 6.45) is 0.0311. The molecule has 0 aliphatic heterocycles. The standard InChI is InChI=1S/C19H25FN2O3S/c1-12-17(13(2)25-21-12)16(23)11-19(6,22-26(24)18(3,4)5)14-7-9-15(20)10-8-14/h7-10,22H,11H2,1-6H3/t19-,26?/m0/s1. The summed E-state index contributed by atoms with van der Waals surface area (Å²) in [5.41, 5.74) is 0.684.